The molecular formula is C26H26F2N6O3. The van der Waals surface area contributed by atoms with Crippen molar-refractivity contribution < 1.29 is 23.0 Å². The first-order chi connectivity index (χ1) is 17.5. The molecule has 0 spiro atoms. The number of rotatable bonds is 6. The molecule has 4 rings (SSSR count). The third-order valence-corrected chi connectivity index (χ3v) is 5.23. The van der Waals surface area contributed by atoms with E-state index in [1.54, 1.807) is 18.2 Å². The molecule has 0 unspecified atom stereocenters. The van der Waals surface area contributed by atoms with Gasteiger partial charge in [0, 0.05) is 41.9 Å². The van der Waals surface area contributed by atoms with Gasteiger partial charge in [-0.15, -0.1) is 0 Å². The van der Waals surface area contributed by atoms with Gasteiger partial charge in [0.1, 0.15) is 40.5 Å². The maximum absolute atomic E-state index is 14.7. The lowest BCUT2D eigenvalue weighted by atomic mass is 9.92. The second-order valence-electron chi connectivity index (χ2n) is 9.17. The molecule has 0 saturated carbocycles. The minimum Gasteiger partial charge on any atom is -0.497 e. The normalized spacial score (nSPS) is 11.2. The Morgan fingerprint density at radius 1 is 0.973 bits per heavy atom. The van der Waals surface area contributed by atoms with Crippen molar-refractivity contribution in [2.24, 2.45) is 0 Å². The number of carbonyl (C=O) groups is 1. The van der Waals surface area contributed by atoms with E-state index in [-0.39, 0.29) is 34.2 Å². The molecule has 2 heterocycles. The fourth-order valence-electron chi connectivity index (χ4n) is 3.38. The van der Waals surface area contributed by atoms with Crippen LogP contribution in [0.5, 0.6) is 17.2 Å². The van der Waals surface area contributed by atoms with Crippen LogP contribution in [0.4, 0.5) is 30.9 Å². The van der Waals surface area contributed by atoms with Crippen molar-refractivity contribution in [1.82, 2.24) is 14.8 Å². The average Bonchev–Trinajstić information content (AvgIpc) is 3.25. The number of nitrogens with zero attached hydrogens (tertiary/aromatic N) is 3. The van der Waals surface area contributed by atoms with Gasteiger partial charge in [0.05, 0.1) is 24.2 Å². The highest BCUT2D eigenvalue weighted by atomic mass is 19.1. The van der Waals surface area contributed by atoms with E-state index in [0.29, 0.717) is 17.1 Å². The van der Waals surface area contributed by atoms with Crippen molar-refractivity contribution >= 4 is 23.4 Å². The molecule has 0 aliphatic carbocycles. The zero-order valence-electron chi connectivity index (χ0n) is 20.7. The van der Waals surface area contributed by atoms with Crippen LogP contribution in [-0.2, 0) is 5.41 Å². The first-order valence-electron chi connectivity index (χ1n) is 11.2. The number of hydrogen-bond donors (Lipinski definition) is 3. The number of methoxy groups -OCH3 is 1. The molecule has 9 nitrogen and oxygen atoms in total. The summed E-state index contributed by atoms with van der Waals surface area (Å²) < 4.78 is 41.0. The lowest BCUT2D eigenvalue weighted by Gasteiger charge is -2.14. The van der Waals surface area contributed by atoms with E-state index >= 15 is 0 Å². The van der Waals surface area contributed by atoms with Crippen LogP contribution in [0, 0.1) is 11.6 Å². The lowest BCUT2D eigenvalue weighted by Crippen LogP contribution is -2.22. The number of carbonyl (C=O) groups excluding carboxylic acids is 1. The number of benzene rings is 2. The van der Waals surface area contributed by atoms with Crippen molar-refractivity contribution in [1.29, 1.82) is 0 Å². The Kier molecular flexibility index (Phi) is 6.96. The Morgan fingerprint density at radius 3 is 2.41 bits per heavy atom. The Hall–Kier alpha value is -4.67. The SMILES string of the molecule is COc1cc(F)cc(-n2nc(C(C)(C)C)cc2NC(=O)Nc2ccc(Oc3ccnc(N)c3)cc2F)c1. The molecule has 11 heteroatoms. The van der Waals surface area contributed by atoms with Crippen LogP contribution >= 0.6 is 0 Å². The van der Waals surface area contributed by atoms with Crippen molar-refractivity contribution in [2.75, 3.05) is 23.5 Å². The number of urea groups is 1. The van der Waals surface area contributed by atoms with Gasteiger partial charge < -0.3 is 20.5 Å². The molecule has 0 saturated heterocycles. The maximum atomic E-state index is 14.7. The van der Waals surface area contributed by atoms with E-state index in [2.05, 4.69) is 20.7 Å². The van der Waals surface area contributed by atoms with E-state index in [0.717, 1.165) is 6.07 Å². The molecule has 37 heavy (non-hydrogen) atoms. The highest BCUT2D eigenvalue weighted by Gasteiger charge is 2.22. The molecule has 2 aromatic carbocycles. The minimum absolute atomic E-state index is 0.0753. The molecule has 4 N–H and O–H groups in total. The molecule has 2 aromatic heterocycles. The van der Waals surface area contributed by atoms with E-state index in [1.807, 2.05) is 20.8 Å². The van der Waals surface area contributed by atoms with Crippen molar-refractivity contribution in [3.63, 3.8) is 0 Å². The Morgan fingerprint density at radius 2 is 1.73 bits per heavy atom. The van der Waals surface area contributed by atoms with Crippen molar-refractivity contribution in [2.45, 2.75) is 26.2 Å². The smallest absolute Gasteiger partial charge is 0.324 e. The fourth-order valence-corrected chi connectivity index (χ4v) is 3.38. The minimum atomic E-state index is -0.723. The second-order valence-corrected chi connectivity index (χ2v) is 9.17. The number of anilines is 3. The molecule has 4 aromatic rings. The number of nitrogens with two attached hydrogens (primary N) is 1. The van der Waals surface area contributed by atoms with E-state index in [4.69, 9.17) is 15.2 Å². The van der Waals surface area contributed by atoms with Gasteiger partial charge in [0.2, 0.25) is 0 Å². The average molecular weight is 509 g/mol. The zero-order valence-corrected chi connectivity index (χ0v) is 20.7. The third kappa shape index (κ3) is 6.13. The summed E-state index contributed by atoms with van der Waals surface area (Å²) in [4.78, 5) is 16.7. The van der Waals surface area contributed by atoms with Crippen LogP contribution in [0.15, 0.2) is 60.8 Å². The molecule has 0 atom stereocenters. The summed E-state index contributed by atoms with van der Waals surface area (Å²) in [6, 6.07) is 12.1. The molecule has 0 bridgehead atoms. The standard InChI is InChI=1S/C26H26F2N6O3/c1-26(2,3)22-14-24(34(33-22)16-9-15(27)10-19(11-16)36-4)32-25(35)31-21-6-5-17(12-20(21)28)37-18-7-8-30-23(29)13-18/h5-14H,1-4H3,(H2,29,30)(H2,31,32,35). The van der Waals surface area contributed by atoms with E-state index in [9.17, 15) is 13.6 Å². The predicted molar refractivity (Wildman–Crippen MR) is 137 cm³/mol. The van der Waals surface area contributed by atoms with Gasteiger partial charge in [-0.25, -0.2) is 23.2 Å². The lowest BCUT2D eigenvalue weighted by molar-refractivity contribution is 0.262. The summed E-state index contributed by atoms with van der Waals surface area (Å²) in [5.41, 5.74) is 6.18. The monoisotopic (exact) mass is 508 g/mol. The van der Waals surface area contributed by atoms with Crippen LogP contribution in [0.3, 0.4) is 0 Å². The summed E-state index contributed by atoms with van der Waals surface area (Å²) in [5, 5.41) is 9.68. The quantitative estimate of drug-likeness (QED) is 0.300. The molecule has 192 valence electrons. The number of halogens is 2. The van der Waals surface area contributed by atoms with Crippen LogP contribution in [-0.4, -0.2) is 27.9 Å². The summed E-state index contributed by atoms with van der Waals surface area (Å²) in [7, 11) is 1.42. The summed E-state index contributed by atoms with van der Waals surface area (Å²) in [6.07, 6.45) is 1.47. The number of nitrogen functional groups attached to an aromatic ring is 1. The van der Waals surface area contributed by atoms with Crippen molar-refractivity contribution in [3.8, 4) is 22.9 Å². The van der Waals surface area contributed by atoms with Gasteiger partial charge in [0.15, 0.2) is 0 Å². The van der Waals surface area contributed by atoms with Gasteiger partial charge in [-0.1, -0.05) is 20.8 Å². The first kappa shape index (κ1) is 25.4. The number of pyridine rings is 1. The summed E-state index contributed by atoms with van der Waals surface area (Å²) in [5.74, 6) is 0.162. The van der Waals surface area contributed by atoms with E-state index in [1.165, 1.54) is 48.3 Å². The topological polar surface area (TPSA) is 116 Å². The molecule has 0 aliphatic rings. The van der Waals surface area contributed by atoms with Gasteiger partial charge in [-0.05, 0) is 24.3 Å². The predicted octanol–water partition coefficient (Wildman–Crippen LogP) is 5.87. The van der Waals surface area contributed by atoms with Crippen LogP contribution in [0.25, 0.3) is 5.69 Å². The number of aromatic nitrogens is 3. The van der Waals surface area contributed by atoms with Crippen molar-refractivity contribution in [3.05, 3.63) is 78.1 Å². The molecule has 2 amide bonds. The molecule has 0 radical (unpaired) electrons. The largest absolute Gasteiger partial charge is 0.497 e. The van der Waals surface area contributed by atoms with Gasteiger partial charge >= 0.3 is 6.03 Å². The Balaban J connectivity index is 1.55. The number of nitrogens with one attached hydrogen (secondary N) is 2. The van der Waals surface area contributed by atoms with Gasteiger partial charge in [-0.2, -0.15) is 5.10 Å². The number of amides is 2. The maximum Gasteiger partial charge on any atom is 0.324 e. The first-order valence-corrected chi connectivity index (χ1v) is 11.2. The Bertz CT molecular complexity index is 1450. The van der Waals surface area contributed by atoms with Crippen LogP contribution in [0.1, 0.15) is 26.5 Å². The molecule has 0 fully saturated rings. The second kappa shape index (κ2) is 10.1. The number of ether oxygens (including phenoxy) is 2. The van der Waals surface area contributed by atoms with Gasteiger partial charge in [0.25, 0.3) is 0 Å². The van der Waals surface area contributed by atoms with E-state index < -0.39 is 17.7 Å². The molecule has 0 aliphatic heterocycles. The summed E-state index contributed by atoms with van der Waals surface area (Å²) >= 11 is 0. The third-order valence-electron chi connectivity index (χ3n) is 5.23. The van der Waals surface area contributed by atoms with Gasteiger partial charge in [-0.3, -0.25) is 5.32 Å². The fraction of sp³-hybridized carbons (Fsp3) is 0.192. The highest BCUT2D eigenvalue weighted by Crippen LogP contribution is 2.29. The zero-order chi connectivity index (χ0) is 26.7. The molecular weight excluding hydrogens is 482 g/mol. The van der Waals surface area contributed by atoms with Crippen LogP contribution in [0.2, 0.25) is 0 Å². The Labute approximate surface area is 212 Å². The van der Waals surface area contributed by atoms with Crippen LogP contribution < -0.4 is 25.8 Å². The highest BCUT2D eigenvalue weighted by molar-refractivity contribution is 5.99. The summed E-state index contributed by atoms with van der Waals surface area (Å²) in [6.45, 7) is 5.86. The number of hydrogen-bond acceptors (Lipinski definition) is 6.